The average molecular weight is 471 g/mol. The second-order valence-electron chi connectivity index (χ2n) is 8.50. The maximum atomic E-state index is 13.5. The van der Waals surface area contributed by atoms with Crippen LogP contribution in [-0.2, 0) is 20.7 Å². The van der Waals surface area contributed by atoms with Gasteiger partial charge in [0, 0.05) is 18.8 Å². The van der Waals surface area contributed by atoms with Crippen LogP contribution in [0, 0.1) is 5.41 Å². The van der Waals surface area contributed by atoms with E-state index < -0.39 is 11.5 Å². The molecule has 0 saturated heterocycles. The fourth-order valence-electron chi connectivity index (χ4n) is 4.34. The highest BCUT2D eigenvalue weighted by molar-refractivity contribution is 7.80. The largest absolute Gasteiger partial charge is 0.495 e. The van der Waals surface area contributed by atoms with Crippen molar-refractivity contribution in [2.24, 2.45) is 5.41 Å². The Morgan fingerprint density at radius 1 is 1.09 bits per heavy atom. The van der Waals surface area contributed by atoms with Crippen molar-refractivity contribution in [2.75, 3.05) is 24.8 Å². The van der Waals surface area contributed by atoms with Gasteiger partial charge in [-0.25, -0.2) is 0 Å². The summed E-state index contributed by atoms with van der Waals surface area (Å²) in [7, 11) is 1.56. The van der Waals surface area contributed by atoms with Gasteiger partial charge in [0.2, 0.25) is 11.8 Å². The van der Waals surface area contributed by atoms with E-state index in [0.717, 1.165) is 18.4 Å². The first-order valence-electron chi connectivity index (χ1n) is 11.5. The van der Waals surface area contributed by atoms with E-state index in [1.807, 2.05) is 49.4 Å². The number of carbonyl (C=O) groups excluding carboxylic acids is 2. The number of carbonyl (C=O) groups is 2. The molecule has 0 radical (unpaired) electrons. The zero-order valence-corrected chi connectivity index (χ0v) is 20.3. The number of hydrogen-bond donors (Lipinski definition) is 3. The quantitative estimate of drug-likeness (QED) is 0.454. The first-order chi connectivity index (χ1) is 16.0. The Morgan fingerprint density at radius 3 is 2.39 bits per heavy atom. The number of hydrogen-bond acceptors (Lipinski definition) is 5. The van der Waals surface area contributed by atoms with Gasteiger partial charge in [0.15, 0.2) is 0 Å². The second-order valence-corrected chi connectivity index (χ2v) is 8.81. The number of para-hydroxylation sites is 2. The Labute approximate surface area is 201 Å². The van der Waals surface area contributed by atoms with Crippen LogP contribution in [0.3, 0.4) is 0 Å². The molecule has 3 rings (SSSR count). The molecule has 2 aromatic carbocycles. The lowest BCUT2D eigenvalue weighted by atomic mass is 9.73. The lowest BCUT2D eigenvalue weighted by Crippen LogP contribution is -2.53. The van der Waals surface area contributed by atoms with E-state index >= 15 is 0 Å². The minimum Gasteiger partial charge on any atom is -0.495 e. The molecular weight excluding hydrogens is 436 g/mol. The van der Waals surface area contributed by atoms with Crippen LogP contribution in [0.15, 0.2) is 54.6 Å². The maximum absolute atomic E-state index is 13.5. The summed E-state index contributed by atoms with van der Waals surface area (Å²) in [5, 5.41) is 5.98. The summed E-state index contributed by atoms with van der Waals surface area (Å²) in [5.41, 5.74) is 0.938. The summed E-state index contributed by atoms with van der Waals surface area (Å²) in [5.74, 6) is 0.596. The zero-order valence-electron chi connectivity index (χ0n) is 19.4. The molecule has 2 N–H and O–H groups in total. The van der Waals surface area contributed by atoms with Gasteiger partial charge < -0.3 is 20.1 Å². The van der Waals surface area contributed by atoms with Crippen LogP contribution in [0.1, 0.15) is 38.2 Å². The third kappa shape index (κ3) is 6.51. The highest BCUT2D eigenvalue weighted by Crippen LogP contribution is 2.39. The molecule has 7 heteroatoms. The van der Waals surface area contributed by atoms with Gasteiger partial charge in [-0.2, -0.15) is 12.6 Å². The Morgan fingerprint density at radius 2 is 1.76 bits per heavy atom. The molecule has 0 spiro atoms. The fraction of sp³-hybridized carbons (Fsp3) is 0.462. The van der Waals surface area contributed by atoms with Crippen LogP contribution in [0.2, 0.25) is 0 Å². The molecule has 2 aromatic rings. The van der Waals surface area contributed by atoms with Gasteiger partial charge in [0.05, 0.1) is 24.3 Å². The van der Waals surface area contributed by atoms with Crippen molar-refractivity contribution < 1.29 is 19.1 Å². The van der Waals surface area contributed by atoms with E-state index in [1.165, 1.54) is 0 Å². The van der Waals surface area contributed by atoms with E-state index in [1.54, 1.807) is 19.2 Å². The molecule has 1 atom stereocenters. The highest BCUT2D eigenvalue weighted by Gasteiger charge is 2.42. The molecule has 1 saturated carbocycles. The standard InChI is InChI=1S/C26H34N2O4S/c1-3-32-20-13-15-26(18-33,16-14-20)25(30)28-22(17-19-9-5-4-6-10-19)24(29)27-21-11-7-8-12-23(21)31-2/h4-12,20,22,33H,3,13-18H2,1-2H3,(H,27,29)(H,28,30)/t20?,22-,26?/m0/s1. The summed E-state index contributed by atoms with van der Waals surface area (Å²) < 4.78 is 11.1. The Balaban J connectivity index is 1.77. The van der Waals surface area contributed by atoms with Crippen LogP contribution >= 0.6 is 12.6 Å². The van der Waals surface area contributed by atoms with Crippen molar-refractivity contribution in [3.63, 3.8) is 0 Å². The molecule has 0 bridgehead atoms. The molecule has 0 heterocycles. The van der Waals surface area contributed by atoms with E-state index in [0.29, 0.717) is 43.1 Å². The molecular formula is C26H34N2O4S. The molecule has 33 heavy (non-hydrogen) atoms. The van der Waals surface area contributed by atoms with Gasteiger partial charge in [-0.3, -0.25) is 9.59 Å². The van der Waals surface area contributed by atoms with Gasteiger partial charge in [-0.1, -0.05) is 42.5 Å². The number of anilines is 1. The molecule has 1 fully saturated rings. The Kier molecular flexibility index (Phi) is 9.21. The van der Waals surface area contributed by atoms with Crippen LogP contribution < -0.4 is 15.4 Å². The number of nitrogens with one attached hydrogen (secondary N) is 2. The number of rotatable bonds is 10. The molecule has 1 aliphatic rings. The van der Waals surface area contributed by atoms with Crippen molar-refractivity contribution in [2.45, 2.75) is 51.2 Å². The monoisotopic (exact) mass is 470 g/mol. The summed E-state index contributed by atoms with van der Waals surface area (Å²) in [6, 6.07) is 16.2. The molecule has 1 aliphatic carbocycles. The van der Waals surface area contributed by atoms with Crippen LogP contribution in [0.25, 0.3) is 0 Å². The number of amides is 2. The van der Waals surface area contributed by atoms with Gasteiger partial charge in [-0.05, 0) is 50.3 Å². The summed E-state index contributed by atoms with van der Waals surface area (Å²) in [6.45, 7) is 2.66. The third-order valence-corrected chi connectivity index (χ3v) is 6.95. The van der Waals surface area contributed by atoms with E-state index in [9.17, 15) is 9.59 Å². The summed E-state index contributed by atoms with van der Waals surface area (Å²) in [4.78, 5) is 26.8. The molecule has 6 nitrogen and oxygen atoms in total. The van der Waals surface area contributed by atoms with Gasteiger partial charge in [-0.15, -0.1) is 0 Å². The van der Waals surface area contributed by atoms with E-state index in [4.69, 9.17) is 9.47 Å². The minimum atomic E-state index is -0.730. The lowest BCUT2D eigenvalue weighted by Gasteiger charge is -2.38. The van der Waals surface area contributed by atoms with Crippen molar-refractivity contribution >= 4 is 30.1 Å². The zero-order chi connectivity index (χ0) is 23.7. The van der Waals surface area contributed by atoms with Crippen LogP contribution in [0.4, 0.5) is 5.69 Å². The Bertz CT molecular complexity index is 914. The predicted molar refractivity (Wildman–Crippen MR) is 134 cm³/mol. The normalized spacial score (nSPS) is 21.1. The van der Waals surface area contributed by atoms with Gasteiger partial charge in [0.25, 0.3) is 0 Å². The smallest absolute Gasteiger partial charge is 0.247 e. The second kappa shape index (κ2) is 12.1. The van der Waals surface area contributed by atoms with Crippen molar-refractivity contribution in [3.8, 4) is 5.75 Å². The maximum Gasteiger partial charge on any atom is 0.247 e. The SMILES string of the molecule is CCOC1CCC(CS)(C(=O)N[C@@H](Cc2ccccc2)C(=O)Nc2ccccc2OC)CC1. The fourth-order valence-corrected chi connectivity index (χ4v) is 4.80. The minimum absolute atomic E-state index is 0.122. The summed E-state index contributed by atoms with van der Waals surface area (Å²) >= 11 is 4.53. The number of ether oxygens (including phenoxy) is 2. The van der Waals surface area contributed by atoms with E-state index in [-0.39, 0.29) is 17.9 Å². The topological polar surface area (TPSA) is 76.7 Å². The van der Waals surface area contributed by atoms with Gasteiger partial charge >= 0.3 is 0 Å². The number of thiol groups is 1. The van der Waals surface area contributed by atoms with Crippen molar-refractivity contribution in [1.29, 1.82) is 0 Å². The number of benzene rings is 2. The Hall–Kier alpha value is -2.51. The van der Waals surface area contributed by atoms with E-state index in [2.05, 4.69) is 23.3 Å². The highest BCUT2D eigenvalue weighted by atomic mass is 32.1. The first kappa shape index (κ1) is 25.1. The van der Waals surface area contributed by atoms with Crippen molar-refractivity contribution in [3.05, 3.63) is 60.2 Å². The molecule has 0 unspecified atom stereocenters. The predicted octanol–water partition coefficient (Wildman–Crippen LogP) is 4.26. The van der Waals surface area contributed by atoms with Crippen molar-refractivity contribution in [1.82, 2.24) is 5.32 Å². The molecule has 0 aromatic heterocycles. The average Bonchev–Trinajstić information content (AvgIpc) is 2.85. The van der Waals surface area contributed by atoms with Crippen LogP contribution in [-0.4, -0.2) is 43.4 Å². The molecule has 178 valence electrons. The number of methoxy groups -OCH3 is 1. The molecule has 2 amide bonds. The lowest BCUT2D eigenvalue weighted by molar-refractivity contribution is -0.136. The molecule has 0 aliphatic heterocycles. The summed E-state index contributed by atoms with van der Waals surface area (Å²) in [6.07, 6.45) is 3.60. The third-order valence-electron chi connectivity index (χ3n) is 6.35. The van der Waals surface area contributed by atoms with Gasteiger partial charge in [0.1, 0.15) is 11.8 Å². The first-order valence-corrected chi connectivity index (χ1v) is 12.2. The van der Waals surface area contributed by atoms with Crippen LogP contribution in [0.5, 0.6) is 5.75 Å².